The van der Waals surface area contributed by atoms with Gasteiger partial charge in [-0.2, -0.15) is 0 Å². The second kappa shape index (κ2) is 7.58. The Balaban J connectivity index is 1.76. The third-order valence-electron chi connectivity index (χ3n) is 5.30. The monoisotopic (exact) mass is 342 g/mol. The maximum Gasteiger partial charge on any atom is 0.192 e. The van der Waals surface area contributed by atoms with Gasteiger partial charge in [0.25, 0.3) is 0 Å². The number of ketones is 1. The number of benzene rings is 1. The lowest BCUT2D eigenvalue weighted by Gasteiger charge is -2.41. The summed E-state index contributed by atoms with van der Waals surface area (Å²) in [6, 6.07) is 8.09. The third kappa shape index (κ3) is 3.44. The van der Waals surface area contributed by atoms with Crippen molar-refractivity contribution in [3.63, 3.8) is 0 Å². The average molecular weight is 342 g/mol. The molecule has 2 saturated heterocycles. The fraction of sp³-hybridized carbons (Fsp3) is 0.550. The van der Waals surface area contributed by atoms with Crippen molar-refractivity contribution in [1.82, 2.24) is 9.80 Å². The smallest absolute Gasteiger partial charge is 0.192 e. The molecule has 5 nitrogen and oxygen atoms in total. The Bertz CT molecular complexity index is 639. The lowest BCUT2D eigenvalue weighted by atomic mass is 9.99. The molecule has 0 spiro atoms. The van der Waals surface area contributed by atoms with Crippen molar-refractivity contribution in [3.05, 3.63) is 46.8 Å². The number of nitrogens with zero attached hydrogens (tertiary/aromatic N) is 2. The molecular weight excluding hydrogens is 316 g/mol. The second-order valence-corrected chi connectivity index (χ2v) is 6.84. The predicted molar refractivity (Wildman–Crippen MR) is 95.5 cm³/mol. The predicted octanol–water partition coefficient (Wildman–Crippen LogP) is 2.08. The zero-order valence-corrected chi connectivity index (χ0v) is 14.7. The van der Waals surface area contributed by atoms with E-state index in [0.717, 1.165) is 88.8 Å². The molecule has 134 valence electrons. The average Bonchev–Trinajstić information content (AvgIpc) is 2.84. The highest BCUT2D eigenvalue weighted by Crippen LogP contribution is 2.29. The summed E-state index contributed by atoms with van der Waals surface area (Å²) < 4.78 is 11.1. The van der Waals surface area contributed by atoms with Crippen LogP contribution in [-0.2, 0) is 15.9 Å². The van der Waals surface area contributed by atoms with Crippen molar-refractivity contribution in [3.8, 4) is 0 Å². The number of rotatable bonds is 2. The SMILES string of the molecule is O=C1C(=C(N2CCOCC2)N2CCOCC2)CCCc2ccccc21. The Hall–Kier alpha value is -1.85. The molecule has 1 aromatic carbocycles. The minimum absolute atomic E-state index is 0.209. The Kier molecular flexibility index (Phi) is 5.04. The molecular formula is C20H26N2O3. The number of morpholine rings is 2. The van der Waals surface area contributed by atoms with E-state index in [1.54, 1.807) is 0 Å². The first-order valence-corrected chi connectivity index (χ1v) is 9.36. The van der Waals surface area contributed by atoms with Crippen LogP contribution >= 0.6 is 0 Å². The van der Waals surface area contributed by atoms with E-state index in [-0.39, 0.29) is 5.78 Å². The Labute approximate surface area is 149 Å². The standard InChI is InChI=1S/C20H26N2O3/c23-19-17-6-2-1-4-16(17)5-3-7-18(19)20(21-8-12-24-13-9-21)22-10-14-25-15-11-22/h1-2,4,6H,3,5,7-15H2. The second-order valence-electron chi connectivity index (χ2n) is 6.84. The number of ether oxygens (including phenoxy) is 2. The van der Waals surface area contributed by atoms with Crippen molar-refractivity contribution in [2.45, 2.75) is 19.3 Å². The highest BCUT2D eigenvalue weighted by molar-refractivity contribution is 6.10. The number of fused-ring (bicyclic) bond motifs is 1. The highest BCUT2D eigenvalue weighted by atomic mass is 16.5. The van der Waals surface area contributed by atoms with Crippen molar-refractivity contribution < 1.29 is 14.3 Å². The molecule has 0 radical (unpaired) electrons. The van der Waals surface area contributed by atoms with E-state index in [2.05, 4.69) is 15.9 Å². The van der Waals surface area contributed by atoms with Gasteiger partial charge in [0.05, 0.1) is 26.4 Å². The first-order valence-electron chi connectivity index (χ1n) is 9.36. The van der Waals surface area contributed by atoms with Crippen molar-refractivity contribution in [1.29, 1.82) is 0 Å². The lowest BCUT2D eigenvalue weighted by Crippen LogP contribution is -2.47. The summed E-state index contributed by atoms with van der Waals surface area (Å²) in [5, 5.41) is 0. The highest BCUT2D eigenvalue weighted by Gasteiger charge is 2.30. The largest absolute Gasteiger partial charge is 0.378 e. The fourth-order valence-corrected chi connectivity index (χ4v) is 4.04. The zero-order valence-electron chi connectivity index (χ0n) is 14.7. The molecule has 4 rings (SSSR count). The number of hydrogen-bond acceptors (Lipinski definition) is 5. The van der Waals surface area contributed by atoms with Gasteiger partial charge in [-0.15, -0.1) is 0 Å². The summed E-state index contributed by atoms with van der Waals surface area (Å²) in [5.74, 6) is 1.34. The van der Waals surface area contributed by atoms with Gasteiger partial charge in [0.1, 0.15) is 5.82 Å². The van der Waals surface area contributed by atoms with Crippen LogP contribution in [0.3, 0.4) is 0 Å². The molecule has 1 aliphatic carbocycles. The molecule has 0 N–H and O–H groups in total. The number of carbonyl (C=O) groups excluding carboxylic acids is 1. The van der Waals surface area contributed by atoms with Crippen LogP contribution in [0, 0.1) is 0 Å². The summed E-state index contributed by atoms with van der Waals surface area (Å²) >= 11 is 0. The molecule has 3 aliphatic rings. The molecule has 0 aromatic heterocycles. The number of Topliss-reactive ketones (excluding diaryl/α,β-unsaturated/α-hetero) is 1. The fourth-order valence-electron chi connectivity index (χ4n) is 4.04. The summed E-state index contributed by atoms with van der Waals surface area (Å²) in [6.07, 6.45) is 2.85. The molecule has 5 heteroatoms. The molecule has 0 unspecified atom stereocenters. The van der Waals surface area contributed by atoms with Gasteiger partial charge in [-0.1, -0.05) is 24.3 Å². The van der Waals surface area contributed by atoms with E-state index < -0.39 is 0 Å². The van der Waals surface area contributed by atoms with Gasteiger partial charge in [0.15, 0.2) is 5.78 Å². The van der Waals surface area contributed by atoms with Crippen LogP contribution in [0.25, 0.3) is 0 Å². The number of hydrogen-bond donors (Lipinski definition) is 0. The summed E-state index contributed by atoms with van der Waals surface area (Å²) in [5.41, 5.74) is 3.05. The van der Waals surface area contributed by atoms with Gasteiger partial charge in [-0.25, -0.2) is 0 Å². The Morgan fingerprint density at radius 3 is 2.08 bits per heavy atom. The molecule has 0 saturated carbocycles. The van der Waals surface area contributed by atoms with Crippen LogP contribution < -0.4 is 0 Å². The van der Waals surface area contributed by atoms with E-state index >= 15 is 0 Å². The van der Waals surface area contributed by atoms with E-state index in [9.17, 15) is 4.79 Å². The first kappa shape index (κ1) is 16.6. The number of carbonyl (C=O) groups is 1. The van der Waals surface area contributed by atoms with Crippen molar-refractivity contribution in [2.24, 2.45) is 0 Å². The topological polar surface area (TPSA) is 42.0 Å². The van der Waals surface area contributed by atoms with Gasteiger partial charge >= 0.3 is 0 Å². The number of aryl methyl sites for hydroxylation is 1. The van der Waals surface area contributed by atoms with Crippen molar-refractivity contribution >= 4 is 5.78 Å². The molecule has 25 heavy (non-hydrogen) atoms. The van der Waals surface area contributed by atoms with Gasteiger partial charge in [0.2, 0.25) is 0 Å². The van der Waals surface area contributed by atoms with Crippen LogP contribution in [0.5, 0.6) is 0 Å². The van der Waals surface area contributed by atoms with Crippen LogP contribution in [0.15, 0.2) is 35.7 Å². The van der Waals surface area contributed by atoms with E-state index in [1.807, 2.05) is 18.2 Å². The van der Waals surface area contributed by atoms with E-state index in [1.165, 1.54) is 5.56 Å². The summed E-state index contributed by atoms with van der Waals surface area (Å²) in [6.45, 7) is 6.32. The van der Waals surface area contributed by atoms with Gasteiger partial charge < -0.3 is 19.3 Å². The van der Waals surface area contributed by atoms with Crippen LogP contribution in [0.1, 0.15) is 28.8 Å². The quantitative estimate of drug-likeness (QED) is 0.608. The normalized spacial score (nSPS) is 21.8. The maximum atomic E-state index is 13.4. The molecule has 2 aliphatic heterocycles. The summed E-state index contributed by atoms with van der Waals surface area (Å²) in [4.78, 5) is 18.1. The summed E-state index contributed by atoms with van der Waals surface area (Å²) in [7, 11) is 0. The minimum atomic E-state index is 0.209. The molecule has 2 fully saturated rings. The molecule has 1 aromatic rings. The van der Waals surface area contributed by atoms with E-state index in [4.69, 9.17) is 9.47 Å². The lowest BCUT2D eigenvalue weighted by molar-refractivity contribution is 0.00719. The zero-order chi connectivity index (χ0) is 17.1. The van der Waals surface area contributed by atoms with Crippen LogP contribution in [-0.4, -0.2) is 68.2 Å². The van der Waals surface area contributed by atoms with Crippen LogP contribution in [0.4, 0.5) is 0 Å². The van der Waals surface area contributed by atoms with Crippen LogP contribution in [0.2, 0.25) is 0 Å². The van der Waals surface area contributed by atoms with Gasteiger partial charge in [-0.3, -0.25) is 4.79 Å². The molecule has 2 heterocycles. The first-order chi connectivity index (χ1) is 12.3. The minimum Gasteiger partial charge on any atom is -0.378 e. The molecule has 0 bridgehead atoms. The third-order valence-corrected chi connectivity index (χ3v) is 5.30. The van der Waals surface area contributed by atoms with Gasteiger partial charge in [-0.05, 0) is 24.8 Å². The van der Waals surface area contributed by atoms with Gasteiger partial charge in [0, 0.05) is 37.3 Å². The number of allylic oxidation sites excluding steroid dienone is 1. The Morgan fingerprint density at radius 1 is 0.840 bits per heavy atom. The van der Waals surface area contributed by atoms with Crippen molar-refractivity contribution in [2.75, 3.05) is 52.6 Å². The van der Waals surface area contributed by atoms with E-state index in [0.29, 0.717) is 0 Å². The molecule has 0 atom stereocenters. The maximum absolute atomic E-state index is 13.4. The Morgan fingerprint density at radius 2 is 1.44 bits per heavy atom. The molecule has 0 amide bonds.